The van der Waals surface area contributed by atoms with Gasteiger partial charge in [-0.1, -0.05) is 6.92 Å². The van der Waals surface area contributed by atoms with E-state index in [1.165, 1.54) is 0 Å². The van der Waals surface area contributed by atoms with E-state index >= 15 is 0 Å². The predicted molar refractivity (Wildman–Crippen MR) is 40.4 cm³/mol. The number of hydrogen-bond acceptors (Lipinski definition) is 2. The van der Waals surface area contributed by atoms with Crippen molar-refractivity contribution in [1.82, 2.24) is 5.32 Å². The minimum atomic E-state index is -0.812. The lowest BCUT2D eigenvalue weighted by molar-refractivity contribution is -0.139. The van der Waals surface area contributed by atoms with Gasteiger partial charge in [0.2, 0.25) is 0 Å². The van der Waals surface area contributed by atoms with Crippen LogP contribution in [0.3, 0.4) is 0 Å². The van der Waals surface area contributed by atoms with Crippen molar-refractivity contribution in [1.29, 1.82) is 0 Å². The van der Waals surface area contributed by atoms with E-state index in [2.05, 4.69) is 5.32 Å². The Labute approximate surface area is 65.4 Å². The average molecular weight is 166 g/mol. The van der Waals surface area contributed by atoms with Gasteiger partial charge in [0.1, 0.15) is 6.04 Å². The fourth-order valence-electron chi connectivity index (χ4n) is 0.635. The molecular formula is C6H12ClNO2. The average Bonchev–Trinajstić information content (AvgIpc) is 1.89. The van der Waals surface area contributed by atoms with E-state index in [1.807, 2.05) is 6.92 Å². The van der Waals surface area contributed by atoms with Crippen LogP contribution < -0.4 is 5.32 Å². The number of nitrogens with one attached hydrogen (secondary N) is 1. The van der Waals surface area contributed by atoms with Crippen molar-refractivity contribution in [3.05, 3.63) is 0 Å². The lowest BCUT2D eigenvalue weighted by Gasteiger charge is -2.09. The quantitative estimate of drug-likeness (QED) is 0.589. The SMILES string of the molecule is CCC(NCCCl)C(=O)O. The highest BCUT2D eigenvalue weighted by atomic mass is 35.5. The zero-order valence-electron chi connectivity index (χ0n) is 5.93. The highest BCUT2D eigenvalue weighted by Gasteiger charge is 2.12. The highest BCUT2D eigenvalue weighted by Crippen LogP contribution is 1.89. The first-order valence-corrected chi connectivity index (χ1v) is 3.78. The van der Waals surface area contributed by atoms with E-state index in [0.29, 0.717) is 18.8 Å². The Morgan fingerprint density at radius 2 is 2.40 bits per heavy atom. The number of hydrogen-bond donors (Lipinski definition) is 2. The Bertz CT molecular complexity index is 108. The summed E-state index contributed by atoms with van der Waals surface area (Å²) in [7, 11) is 0. The molecule has 0 radical (unpaired) electrons. The molecule has 0 aromatic rings. The lowest BCUT2D eigenvalue weighted by atomic mass is 10.2. The maximum atomic E-state index is 10.3. The smallest absolute Gasteiger partial charge is 0.320 e. The van der Waals surface area contributed by atoms with E-state index in [1.54, 1.807) is 0 Å². The molecule has 1 unspecified atom stereocenters. The molecule has 0 aromatic heterocycles. The summed E-state index contributed by atoms with van der Waals surface area (Å²) >= 11 is 5.35. The molecule has 1 atom stereocenters. The van der Waals surface area contributed by atoms with Crippen molar-refractivity contribution in [2.45, 2.75) is 19.4 Å². The first kappa shape index (κ1) is 9.72. The van der Waals surface area contributed by atoms with Crippen molar-refractivity contribution in [2.75, 3.05) is 12.4 Å². The van der Waals surface area contributed by atoms with Crippen LogP contribution in [0.1, 0.15) is 13.3 Å². The first-order valence-electron chi connectivity index (χ1n) is 3.24. The fraction of sp³-hybridized carbons (Fsp3) is 0.833. The fourth-order valence-corrected chi connectivity index (χ4v) is 0.744. The van der Waals surface area contributed by atoms with Gasteiger partial charge < -0.3 is 10.4 Å². The van der Waals surface area contributed by atoms with Gasteiger partial charge in [-0.05, 0) is 6.42 Å². The third-order valence-electron chi connectivity index (χ3n) is 1.19. The number of carbonyl (C=O) groups is 1. The summed E-state index contributed by atoms with van der Waals surface area (Å²) in [6.07, 6.45) is 0.590. The van der Waals surface area contributed by atoms with Crippen LogP contribution in [0.5, 0.6) is 0 Å². The highest BCUT2D eigenvalue weighted by molar-refractivity contribution is 6.18. The number of rotatable bonds is 5. The lowest BCUT2D eigenvalue weighted by Crippen LogP contribution is -2.37. The summed E-state index contributed by atoms with van der Waals surface area (Å²) in [5.41, 5.74) is 0. The molecule has 0 saturated heterocycles. The molecule has 2 N–H and O–H groups in total. The maximum Gasteiger partial charge on any atom is 0.320 e. The molecule has 0 bridgehead atoms. The molecule has 0 saturated carbocycles. The van der Waals surface area contributed by atoms with Gasteiger partial charge in [0.25, 0.3) is 0 Å². The molecule has 60 valence electrons. The van der Waals surface area contributed by atoms with E-state index in [4.69, 9.17) is 16.7 Å². The Balaban J connectivity index is 3.50. The number of alkyl halides is 1. The zero-order chi connectivity index (χ0) is 7.98. The molecule has 10 heavy (non-hydrogen) atoms. The van der Waals surface area contributed by atoms with Gasteiger partial charge in [0.15, 0.2) is 0 Å². The summed E-state index contributed by atoms with van der Waals surface area (Å²) in [5, 5.41) is 11.3. The standard InChI is InChI=1S/C6H12ClNO2/c1-2-5(6(9)10)8-4-3-7/h5,8H,2-4H2,1H3,(H,9,10). The second-order valence-electron chi connectivity index (χ2n) is 1.94. The van der Waals surface area contributed by atoms with Crippen molar-refractivity contribution in [3.8, 4) is 0 Å². The molecule has 0 rings (SSSR count). The second kappa shape index (κ2) is 5.50. The largest absolute Gasteiger partial charge is 0.480 e. The Hall–Kier alpha value is -0.280. The third-order valence-corrected chi connectivity index (χ3v) is 1.38. The van der Waals surface area contributed by atoms with Crippen LogP contribution >= 0.6 is 11.6 Å². The van der Waals surface area contributed by atoms with Gasteiger partial charge in [-0.25, -0.2) is 0 Å². The van der Waals surface area contributed by atoms with E-state index in [-0.39, 0.29) is 0 Å². The van der Waals surface area contributed by atoms with Crippen LogP contribution in [-0.4, -0.2) is 29.5 Å². The molecule has 4 heteroatoms. The van der Waals surface area contributed by atoms with Crippen LogP contribution in [0.15, 0.2) is 0 Å². The second-order valence-corrected chi connectivity index (χ2v) is 2.32. The third kappa shape index (κ3) is 3.69. The van der Waals surface area contributed by atoms with Gasteiger partial charge in [0.05, 0.1) is 0 Å². The number of halogens is 1. The zero-order valence-corrected chi connectivity index (χ0v) is 6.69. The van der Waals surface area contributed by atoms with Crippen molar-refractivity contribution < 1.29 is 9.90 Å². The van der Waals surface area contributed by atoms with E-state index in [9.17, 15) is 4.79 Å². The summed E-state index contributed by atoms with van der Waals surface area (Å²) in [4.78, 5) is 10.3. The topological polar surface area (TPSA) is 49.3 Å². The van der Waals surface area contributed by atoms with Gasteiger partial charge >= 0.3 is 5.97 Å². The van der Waals surface area contributed by atoms with Crippen LogP contribution in [0.2, 0.25) is 0 Å². The van der Waals surface area contributed by atoms with Crippen LogP contribution in [0, 0.1) is 0 Å². The van der Waals surface area contributed by atoms with Crippen molar-refractivity contribution in [3.63, 3.8) is 0 Å². The first-order chi connectivity index (χ1) is 4.72. The summed E-state index contributed by atoms with van der Waals surface area (Å²) < 4.78 is 0. The molecule has 0 amide bonds. The van der Waals surface area contributed by atoms with Gasteiger partial charge in [-0.2, -0.15) is 0 Å². The van der Waals surface area contributed by atoms with E-state index in [0.717, 1.165) is 0 Å². The molecule has 0 aliphatic carbocycles. The van der Waals surface area contributed by atoms with Crippen molar-refractivity contribution in [2.24, 2.45) is 0 Å². The summed E-state index contributed by atoms with van der Waals surface area (Å²) in [6.45, 7) is 2.37. The molecule has 3 nitrogen and oxygen atoms in total. The molecular weight excluding hydrogens is 154 g/mol. The molecule has 0 fully saturated rings. The van der Waals surface area contributed by atoms with Crippen LogP contribution in [0.25, 0.3) is 0 Å². The van der Waals surface area contributed by atoms with E-state index < -0.39 is 12.0 Å². The Morgan fingerprint density at radius 1 is 1.80 bits per heavy atom. The normalized spacial score (nSPS) is 13.0. The molecule has 0 aliphatic heterocycles. The van der Waals surface area contributed by atoms with Crippen molar-refractivity contribution >= 4 is 17.6 Å². The summed E-state index contributed by atoms with van der Waals surface area (Å²) in [6, 6.07) is -0.446. The maximum absolute atomic E-state index is 10.3. The molecule has 0 spiro atoms. The number of carboxylic acid groups (broad SMARTS) is 1. The van der Waals surface area contributed by atoms with Gasteiger partial charge in [-0.3, -0.25) is 4.79 Å². The Morgan fingerprint density at radius 3 is 2.70 bits per heavy atom. The monoisotopic (exact) mass is 165 g/mol. The number of carboxylic acids is 1. The minimum absolute atomic E-state index is 0.446. The van der Waals surface area contributed by atoms with Crippen LogP contribution in [0.4, 0.5) is 0 Å². The molecule has 0 aromatic carbocycles. The minimum Gasteiger partial charge on any atom is -0.480 e. The van der Waals surface area contributed by atoms with Crippen LogP contribution in [-0.2, 0) is 4.79 Å². The summed E-state index contributed by atoms with van der Waals surface area (Å²) in [5.74, 6) is -0.364. The van der Waals surface area contributed by atoms with Gasteiger partial charge in [0, 0.05) is 12.4 Å². The van der Waals surface area contributed by atoms with Gasteiger partial charge in [-0.15, -0.1) is 11.6 Å². The molecule has 0 aliphatic rings. The molecule has 0 heterocycles. The Kier molecular flexibility index (Phi) is 5.35. The number of aliphatic carboxylic acids is 1. The predicted octanol–water partition coefficient (Wildman–Crippen LogP) is 0.678.